The molecule has 0 amide bonds. The number of fused-ring (bicyclic) bond motifs is 6. The van der Waals surface area contributed by atoms with Crippen molar-refractivity contribution in [1.29, 1.82) is 15.8 Å². The van der Waals surface area contributed by atoms with Crippen LogP contribution >= 0.6 is 0 Å². The third kappa shape index (κ3) is 4.37. The van der Waals surface area contributed by atoms with E-state index >= 15 is 0 Å². The summed E-state index contributed by atoms with van der Waals surface area (Å²) in [6.45, 7) is 0. The van der Waals surface area contributed by atoms with Crippen molar-refractivity contribution < 1.29 is 0 Å². The molecule has 1 unspecified atom stereocenters. The summed E-state index contributed by atoms with van der Waals surface area (Å²) in [4.78, 5) is 0. The summed E-state index contributed by atoms with van der Waals surface area (Å²) in [6, 6.07) is 49.7. The van der Waals surface area contributed by atoms with Crippen LogP contribution in [0.4, 0.5) is 0 Å². The fraction of sp³-hybridized carbons (Fsp3) is 0.0444. The zero-order valence-electron chi connectivity index (χ0n) is 26.9. The van der Waals surface area contributed by atoms with Crippen LogP contribution in [-0.4, -0.2) is 9.13 Å². The van der Waals surface area contributed by atoms with Crippen molar-refractivity contribution in [2.45, 2.75) is 12.3 Å². The van der Waals surface area contributed by atoms with Gasteiger partial charge in [0.05, 0.1) is 62.7 Å². The number of hydrogen-bond acceptors (Lipinski definition) is 3. The van der Waals surface area contributed by atoms with E-state index in [9.17, 15) is 15.8 Å². The van der Waals surface area contributed by atoms with Crippen LogP contribution in [0.1, 0.15) is 34.6 Å². The summed E-state index contributed by atoms with van der Waals surface area (Å²) in [5.74, 6) is -0.0440. The number of benzene rings is 6. The number of allylic oxidation sites excluding steroid dienone is 4. The first-order chi connectivity index (χ1) is 24.7. The Hall–Kier alpha value is -7.13. The highest BCUT2D eigenvalue weighted by atomic mass is 15.0. The van der Waals surface area contributed by atoms with Gasteiger partial charge in [-0.25, -0.2) is 0 Å². The summed E-state index contributed by atoms with van der Waals surface area (Å²) in [5, 5.41) is 34.6. The van der Waals surface area contributed by atoms with Gasteiger partial charge in [0.1, 0.15) is 0 Å². The van der Waals surface area contributed by atoms with Gasteiger partial charge in [0.25, 0.3) is 0 Å². The second-order valence-electron chi connectivity index (χ2n) is 12.6. The summed E-state index contributed by atoms with van der Waals surface area (Å²) >= 11 is 0. The normalized spacial score (nSPS) is 14.1. The summed E-state index contributed by atoms with van der Waals surface area (Å²) in [5.41, 5.74) is 10.8. The maximum absolute atomic E-state index is 10.5. The Morgan fingerprint density at radius 3 is 1.76 bits per heavy atom. The minimum Gasteiger partial charge on any atom is -0.310 e. The SMILES string of the molecule is N#Cc1ccc(-c2cccc(C#N)c2C2C=CC(n3c4ccccc4c4ccccc43)=CC2)c(-n2c3ccccc3c3cc(C#N)ccc32)c1. The zero-order valence-corrected chi connectivity index (χ0v) is 26.9. The molecule has 0 saturated heterocycles. The zero-order chi connectivity index (χ0) is 33.8. The lowest BCUT2D eigenvalue weighted by atomic mass is 9.82. The van der Waals surface area contributed by atoms with Crippen LogP contribution in [0.2, 0.25) is 0 Å². The third-order valence-corrected chi connectivity index (χ3v) is 9.98. The molecule has 0 aliphatic heterocycles. The topological polar surface area (TPSA) is 81.2 Å². The Bertz CT molecular complexity index is 2840. The molecule has 9 rings (SSSR count). The van der Waals surface area contributed by atoms with Crippen LogP contribution in [0, 0.1) is 34.0 Å². The van der Waals surface area contributed by atoms with E-state index in [1.54, 1.807) is 0 Å². The average molecular weight is 638 g/mol. The first-order valence-corrected chi connectivity index (χ1v) is 16.6. The summed E-state index contributed by atoms with van der Waals surface area (Å²) in [6.07, 6.45) is 7.41. The molecule has 6 aromatic carbocycles. The quantitative estimate of drug-likeness (QED) is 0.193. The maximum Gasteiger partial charge on any atom is 0.0994 e. The van der Waals surface area contributed by atoms with E-state index < -0.39 is 0 Å². The van der Waals surface area contributed by atoms with E-state index in [4.69, 9.17) is 0 Å². The molecule has 50 heavy (non-hydrogen) atoms. The van der Waals surface area contributed by atoms with Crippen LogP contribution in [0.25, 0.3) is 66.1 Å². The number of para-hydroxylation sites is 3. The van der Waals surface area contributed by atoms with E-state index in [0.717, 1.165) is 67.3 Å². The molecule has 0 radical (unpaired) electrons. The molecule has 0 spiro atoms. The second-order valence-corrected chi connectivity index (χ2v) is 12.6. The van der Waals surface area contributed by atoms with Gasteiger partial charge in [-0.1, -0.05) is 84.9 Å². The van der Waals surface area contributed by atoms with Crippen LogP contribution < -0.4 is 0 Å². The second kappa shape index (κ2) is 11.5. The van der Waals surface area contributed by atoms with Gasteiger partial charge < -0.3 is 9.13 Å². The van der Waals surface area contributed by atoms with Gasteiger partial charge in [-0.05, 0) is 78.2 Å². The Labute approximate surface area is 288 Å². The van der Waals surface area contributed by atoms with Gasteiger partial charge >= 0.3 is 0 Å². The van der Waals surface area contributed by atoms with Gasteiger partial charge in [0.2, 0.25) is 0 Å². The van der Waals surface area contributed by atoms with Gasteiger partial charge in [-0.15, -0.1) is 0 Å². The van der Waals surface area contributed by atoms with Crippen LogP contribution in [0.3, 0.4) is 0 Å². The molecule has 2 heterocycles. The van der Waals surface area contributed by atoms with Crippen molar-refractivity contribution in [1.82, 2.24) is 9.13 Å². The van der Waals surface area contributed by atoms with E-state index in [2.05, 4.69) is 112 Å². The maximum atomic E-state index is 10.5. The number of hydrogen-bond donors (Lipinski definition) is 0. The lowest BCUT2D eigenvalue weighted by Gasteiger charge is -2.24. The first kappa shape index (κ1) is 29.0. The molecular weight excluding hydrogens is 611 g/mol. The first-order valence-electron chi connectivity index (χ1n) is 16.6. The van der Waals surface area contributed by atoms with Crippen LogP contribution in [-0.2, 0) is 0 Å². The van der Waals surface area contributed by atoms with Crippen molar-refractivity contribution in [3.63, 3.8) is 0 Å². The van der Waals surface area contributed by atoms with Gasteiger partial charge in [0.15, 0.2) is 0 Å². The molecule has 232 valence electrons. The predicted molar refractivity (Wildman–Crippen MR) is 201 cm³/mol. The fourth-order valence-electron chi connectivity index (χ4n) is 7.80. The molecule has 1 atom stereocenters. The molecule has 0 saturated carbocycles. The Morgan fingerprint density at radius 1 is 0.520 bits per heavy atom. The third-order valence-electron chi connectivity index (χ3n) is 9.98. The summed E-state index contributed by atoms with van der Waals surface area (Å²) in [7, 11) is 0. The van der Waals surface area contributed by atoms with Crippen molar-refractivity contribution in [2.24, 2.45) is 0 Å². The predicted octanol–water partition coefficient (Wildman–Crippen LogP) is 10.8. The molecule has 8 aromatic rings. The molecule has 1 aliphatic carbocycles. The monoisotopic (exact) mass is 637 g/mol. The van der Waals surface area contributed by atoms with Gasteiger partial charge in [0, 0.05) is 38.7 Å². The molecule has 0 bridgehead atoms. The van der Waals surface area contributed by atoms with Crippen LogP contribution in [0.5, 0.6) is 0 Å². The molecule has 5 nitrogen and oxygen atoms in total. The van der Waals surface area contributed by atoms with Crippen molar-refractivity contribution in [3.8, 4) is 35.0 Å². The minimum atomic E-state index is -0.0440. The fourth-order valence-corrected chi connectivity index (χ4v) is 7.80. The average Bonchev–Trinajstić information content (AvgIpc) is 3.70. The Kier molecular flexibility index (Phi) is 6.70. The van der Waals surface area contributed by atoms with E-state index in [1.165, 1.54) is 10.8 Å². The van der Waals surface area contributed by atoms with Crippen LogP contribution in [0.15, 0.2) is 146 Å². The Morgan fingerprint density at radius 2 is 1.12 bits per heavy atom. The van der Waals surface area contributed by atoms with Crippen molar-refractivity contribution in [3.05, 3.63) is 168 Å². The van der Waals surface area contributed by atoms with E-state index in [-0.39, 0.29) is 5.92 Å². The largest absolute Gasteiger partial charge is 0.310 e. The smallest absolute Gasteiger partial charge is 0.0994 e. The highest BCUT2D eigenvalue weighted by molar-refractivity contribution is 6.11. The van der Waals surface area contributed by atoms with E-state index in [1.807, 2.05) is 60.7 Å². The highest BCUT2D eigenvalue weighted by Crippen LogP contribution is 2.43. The van der Waals surface area contributed by atoms with Gasteiger partial charge in [-0.3, -0.25) is 0 Å². The minimum absolute atomic E-state index is 0.0440. The van der Waals surface area contributed by atoms with Crippen molar-refractivity contribution in [2.75, 3.05) is 0 Å². The molecule has 5 heteroatoms. The molecular formula is C45H27N5. The van der Waals surface area contributed by atoms with Gasteiger partial charge in [-0.2, -0.15) is 15.8 Å². The number of nitrogens with zero attached hydrogens (tertiary/aromatic N) is 5. The lowest BCUT2D eigenvalue weighted by Crippen LogP contribution is -2.07. The number of nitriles is 3. The lowest BCUT2D eigenvalue weighted by molar-refractivity contribution is 0.848. The Balaban J connectivity index is 1.22. The highest BCUT2D eigenvalue weighted by Gasteiger charge is 2.24. The molecule has 0 fully saturated rings. The van der Waals surface area contributed by atoms with Crippen molar-refractivity contribution >= 4 is 49.3 Å². The molecule has 0 N–H and O–H groups in total. The van der Waals surface area contributed by atoms with E-state index in [0.29, 0.717) is 16.7 Å². The molecule has 2 aromatic heterocycles. The molecule has 1 aliphatic rings. The summed E-state index contributed by atoms with van der Waals surface area (Å²) < 4.78 is 4.51. The standard InChI is InChI=1S/C45H27N5/c46-26-29-17-23-43-39(24-29)36-11-3-6-15-42(36)50(43)44-25-30(27-47)16-22-37(44)38-12-7-8-32(28-48)45(38)31-18-20-33(21-19-31)49-40-13-4-1-9-34(40)35-10-2-5-14-41(35)49/h1-18,20-25,31H,19H2. The number of rotatable bonds is 4. The number of aromatic nitrogens is 2.